The van der Waals surface area contributed by atoms with Gasteiger partial charge in [-0.3, -0.25) is 9.78 Å². The smallest absolute Gasteiger partial charge is 0.258 e. The molecule has 1 heterocycles. The number of carbonyl (C=O) groups excluding carboxylic acids is 1. The molecule has 18 heavy (non-hydrogen) atoms. The number of carbonyl (C=O) groups is 1. The number of amides is 1. The summed E-state index contributed by atoms with van der Waals surface area (Å²) in [4.78, 5) is 17.9. The SMILES string of the molecule is CCN(C(=O)c1ccncc1)c1ccccc1.Cl. The van der Waals surface area contributed by atoms with E-state index < -0.39 is 0 Å². The Morgan fingerprint density at radius 1 is 1.11 bits per heavy atom. The van der Waals surface area contributed by atoms with Crippen LogP contribution in [0.1, 0.15) is 17.3 Å². The van der Waals surface area contributed by atoms with Gasteiger partial charge in [0.15, 0.2) is 0 Å². The molecule has 0 N–H and O–H groups in total. The lowest BCUT2D eigenvalue weighted by atomic mass is 10.2. The molecule has 1 aromatic heterocycles. The molecule has 0 atom stereocenters. The van der Waals surface area contributed by atoms with Crippen LogP contribution in [0.15, 0.2) is 54.9 Å². The summed E-state index contributed by atoms with van der Waals surface area (Å²) < 4.78 is 0. The van der Waals surface area contributed by atoms with E-state index in [9.17, 15) is 4.79 Å². The third-order valence-corrected chi connectivity index (χ3v) is 2.56. The summed E-state index contributed by atoms with van der Waals surface area (Å²) in [6, 6.07) is 13.1. The maximum absolute atomic E-state index is 12.3. The van der Waals surface area contributed by atoms with Gasteiger partial charge in [0.05, 0.1) is 0 Å². The molecule has 0 bridgehead atoms. The lowest BCUT2D eigenvalue weighted by Gasteiger charge is -2.20. The maximum atomic E-state index is 12.3. The highest BCUT2D eigenvalue weighted by atomic mass is 35.5. The van der Waals surface area contributed by atoms with Gasteiger partial charge >= 0.3 is 0 Å². The van der Waals surface area contributed by atoms with E-state index in [-0.39, 0.29) is 18.3 Å². The Morgan fingerprint density at radius 3 is 2.28 bits per heavy atom. The molecule has 0 saturated carbocycles. The predicted octanol–water partition coefficient (Wildman–Crippen LogP) is 3.17. The van der Waals surface area contributed by atoms with Crippen LogP contribution in [-0.2, 0) is 0 Å². The van der Waals surface area contributed by atoms with Crippen LogP contribution in [-0.4, -0.2) is 17.4 Å². The number of anilines is 1. The van der Waals surface area contributed by atoms with E-state index in [4.69, 9.17) is 0 Å². The summed E-state index contributed by atoms with van der Waals surface area (Å²) in [5.41, 5.74) is 1.57. The second-order valence-electron chi connectivity index (χ2n) is 3.62. The highest BCUT2D eigenvalue weighted by Crippen LogP contribution is 2.15. The molecular weight excluding hydrogens is 248 g/mol. The van der Waals surface area contributed by atoms with Gasteiger partial charge < -0.3 is 4.90 Å². The van der Waals surface area contributed by atoms with Crippen LogP contribution in [0.25, 0.3) is 0 Å². The summed E-state index contributed by atoms with van der Waals surface area (Å²) in [7, 11) is 0. The fourth-order valence-electron chi connectivity index (χ4n) is 1.70. The molecule has 0 spiro atoms. The lowest BCUT2D eigenvalue weighted by molar-refractivity contribution is 0.0988. The molecule has 0 aliphatic carbocycles. The first-order valence-electron chi connectivity index (χ1n) is 5.60. The number of benzene rings is 1. The molecule has 0 aliphatic heterocycles. The molecule has 0 fully saturated rings. The van der Waals surface area contributed by atoms with Gasteiger partial charge in [-0.1, -0.05) is 18.2 Å². The third-order valence-electron chi connectivity index (χ3n) is 2.56. The van der Waals surface area contributed by atoms with Crippen molar-refractivity contribution in [2.45, 2.75) is 6.92 Å². The summed E-state index contributed by atoms with van der Waals surface area (Å²) >= 11 is 0. The second kappa shape index (κ2) is 6.77. The maximum Gasteiger partial charge on any atom is 0.258 e. The van der Waals surface area contributed by atoms with Gasteiger partial charge in [0.2, 0.25) is 0 Å². The minimum atomic E-state index is 0. The summed E-state index contributed by atoms with van der Waals surface area (Å²) in [6.07, 6.45) is 3.26. The molecule has 1 aromatic carbocycles. The highest BCUT2D eigenvalue weighted by Gasteiger charge is 2.14. The molecule has 94 valence electrons. The van der Waals surface area contributed by atoms with Gasteiger partial charge in [-0.2, -0.15) is 0 Å². The largest absolute Gasteiger partial charge is 0.309 e. The number of halogens is 1. The Bertz CT molecular complexity index is 488. The van der Waals surface area contributed by atoms with Crippen LogP contribution in [0.2, 0.25) is 0 Å². The predicted molar refractivity (Wildman–Crippen MR) is 75.3 cm³/mol. The van der Waals surface area contributed by atoms with Crippen LogP contribution in [0.5, 0.6) is 0 Å². The van der Waals surface area contributed by atoms with Gasteiger partial charge in [0.25, 0.3) is 5.91 Å². The van der Waals surface area contributed by atoms with Crippen molar-refractivity contribution in [2.24, 2.45) is 0 Å². The number of para-hydroxylation sites is 1. The minimum Gasteiger partial charge on any atom is -0.309 e. The fourth-order valence-corrected chi connectivity index (χ4v) is 1.70. The van der Waals surface area contributed by atoms with E-state index in [0.29, 0.717) is 12.1 Å². The monoisotopic (exact) mass is 262 g/mol. The zero-order chi connectivity index (χ0) is 12.1. The number of pyridine rings is 1. The van der Waals surface area contributed by atoms with E-state index in [1.165, 1.54) is 0 Å². The Labute approximate surface area is 113 Å². The first-order valence-corrected chi connectivity index (χ1v) is 5.60. The number of hydrogen-bond acceptors (Lipinski definition) is 2. The summed E-state index contributed by atoms with van der Waals surface area (Å²) in [5.74, 6) is 0.00102. The van der Waals surface area contributed by atoms with Crippen molar-refractivity contribution in [1.29, 1.82) is 0 Å². The van der Waals surface area contributed by atoms with Crippen molar-refractivity contribution >= 4 is 24.0 Å². The molecule has 0 radical (unpaired) electrons. The standard InChI is InChI=1S/C14H14N2O.ClH/c1-2-16(13-6-4-3-5-7-13)14(17)12-8-10-15-11-9-12;/h3-11H,2H2,1H3;1H. The molecule has 0 saturated heterocycles. The quantitative estimate of drug-likeness (QED) is 0.851. The van der Waals surface area contributed by atoms with Crippen LogP contribution < -0.4 is 4.90 Å². The molecule has 0 aliphatic rings. The van der Waals surface area contributed by atoms with E-state index in [1.54, 1.807) is 29.4 Å². The first-order chi connectivity index (χ1) is 8.33. The van der Waals surface area contributed by atoms with Crippen molar-refractivity contribution in [2.75, 3.05) is 11.4 Å². The van der Waals surface area contributed by atoms with E-state index in [2.05, 4.69) is 4.98 Å². The molecule has 2 aromatic rings. The zero-order valence-electron chi connectivity index (χ0n) is 10.1. The average Bonchev–Trinajstić information content (AvgIpc) is 2.42. The number of aromatic nitrogens is 1. The van der Waals surface area contributed by atoms with Gasteiger partial charge in [-0.25, -0.2) is 0 Å². The molecular formula is C14H15ClN2O. The van der Waals surface area contributed by atoms with Crippen molar-refractivity contribution in [3.8, 4) is 0 Å². The van der Waals surface area contributed by atoms with Gasteiger partial charge in [0, 0.05) is 30.2 Å². The zero-order valence-corrected chi connectivity index (χ0v) is 10.9. The number of hydrogen-bond donors (Lipinski definition) is 0. The first kappa shape index (κ1) is 14.2. The normalized spacial score (nSPS) is 9.39. The van der Waals surface area contributed by atoms with Crippen molar-refractivity contribution in [1.82, 2.24) is 4.98 Å². The van der Waals surface area contributed by atoms with Crippen molar-refractivity contribution in [3.63, 3.8) is 0 Å². The highest BCUT2D eigenvalue weighted by molar-refractivity contribution is 6.05. The van der Waals surface area contributed by atoms with Crippen LogP contribution in [0, 0.1) is 0 Å². The number of rotatable bonds is 3. The molecule has 1 amide bonds. The average molecular weight is 263 g/mol. The molecule has 2 rings (SSSR count). The van der Waals surface area contributed by atoms with Crippen LogP contribution in [0.4, 0.5) is 5.69 Å². The second-order valence-corrected chi connectivity index (χ2v) is 3.62. The fraction of sp³-hybridized carbons (Fsp3) is 0.143. The minimum absolute atomic E-state index is 0. The Morgan fingerprint density at radius 2 is 1.72 bits per heavy atom. The Kier molecular flexibility index (Phi) is 5.33. The summed E-state index contributed by atoms with van der Waals surface area (Å²) in [6.45, 7) is 2.61. The Hall–Kier alpha value is -1.87. The van der Waals surface area contributed by atoms with Crippen molar-refractivity contribution < 1.29 is 4.79 Å². The molecule has 0 unspecified atom stereocenters. The van der Waals surface area contributed by atoms with Gasteiger partial charge in [-0.15, -0.1) is 12.4 Å². The van der Waals surface area contributed by atoms with E-state index >= 15 is 0 Å². The van der Waals surface area contributed by atoms with Crippen LogP contribution in [0.3, 0.4) is 0 Å². The lowest BCUT2D eigenvalue weighted by Crippen LogP contribution is -2.30. The topological polar surface area (TPSA) is 33.2 Å². The van der Waals surface area contributed by atoms with E-state index in [1.807, 2.05) is 37.3 Å². The van der Waals surface area contributed by atoms with Gasteiger partial charge in [0.1, 0.15) is 0 Å². The molecule has 3 nitrogen and oxygen atoms in total. The molecule has 4 heteroatoms. The van der Waals surface area contributed by atoms with Crippen molar-refractivity contribution in [3.05, 3.63) is 60.4 Å². The Balaban J connectivity index is 0.00000162. The number of nitrogens with zero attached hydrogens (tertiary/aromatic N) is 2. The van der Waals surface area contributed by atoms with Crippen LogP contribution >= 0.6 is 12.4 Å². The van der Waals surface area contributed by atoms with E-state index in [0.717, 1.165) is 5.69 Å². The summed E-state index contributed by atoms with van der Waals surface area (Å²) in [5, 5.41) is 0. The van der Waals surface area contributed by atoms with Gasteiger partial charge in [-0.05, 0) is 31.2 Å². The third kappa shape index (κ3) is 3.08.